The Hall–Kier alpha value is -2.32. The fourth-order valence-corrected chi connectivity index (χ4v) is 3.75. The zero-order valence-corrected chi connectivity index (χ0v) is 16.1. The monoisotopic (exact) mass is 393 g/mol. The molecule has 2 heterocycles. The number of benzene rings is 1. The number of ether oxygens (including phenoxy) is 2. The number of aryl methyl sites for hydroxylation is 1. The third kappa shape index (κ3) is 4.90. The number of nitrogens with one attached hydrogen (secondary N) is 1. The summed E-state index contributed by atoms with van der Waals surface area (Å²) in [6.45, 7) is 4.36. The summed E-state index contributed by atoms with van der Waals surface area (Å²) < 4.78 is 43.5. The average Bonchev–Trinajstić information content (AvgIpc) is 3.17. The first kappa shape index (κ1) is 19.4. The molecule has 27 heavy (non-hydrogen) atoms. The summed E-state index contributed by atoms with van der Waals surface area (Å²) in [5.41, 5.74) is 0.754. The maximum atomic E-state index is 12.5. The molecular formula is C19H23NO6S. The molecule has 1 aromatic carbocycles. The summed E-state index contributed by atoms with van der Waals surface area (Å²) in [5, 5.41) is 0. The zero-order chi connectivity index (χ0) is 19.4. The van der Waals surface area contributed by atoms with E-state index in [0.29, 0.717) is 31.0 Å². The van der Waals surface area contributed by atoms with Crippen LogP contribution in [0.5, 0.6) is 5.75 Å². The first-order valence-corrected chi connectivity index (χ1v) is 10.3. The first-order chi connectivity index (χ1) is 12.8. The predicted molar refractivity (Wildman–Crippen MR) is 97.7 cm³/mol. The lowest BCUT2D eigenvalue weighted by atomic mass is 10.0. The van der Waals surface area contributed by atoms with Crippen molar-refractivity contribution in [3.63, 3.8) is 0 Å². The Bertz CT molecular complexity index is 889. The lowest BCUT2D eigenvalue weighted by Gasteiger charge is -2.25. The number of hydrogen-bond donors (Lipinski definition) is 1. The Morgan fingerprint density at radius 2 is 2.15 bits per heavy atom. The molecule has 0 bridgehead atoms. The van der Waals surface area contributed by atoms with Crippen LogP contribution < -0.4 is 9.46 Å². The van der Waals surface area contributed by atoms with E-state index in [0.717, 1.165) is 5.56 Å². The zero-order valence-electron chi connectivity index (χ0n) is 15.3. The van der Waals surface area contributed by atoms with E-state index in [-0.39, 0.29) is 23.3 Å². The molecule has 0 amide bonds. The van der Waals surface area contributed by atoms with Gasteiger partial charge in [-0.1, -0.05) is 13.8 Å². The van der Waals surface area contributed by atoms with E-state index in [2.05, 4.69) is 4.72 Å². The minimum Gasteiger partial charge on any atom is -0.478 e. The van der Waals surface area contributed by atoms with Crippen molar-refractivity contribution in [2.24, 2.45) is 5.92 Å². The third-order valence-electron chi connectivity index (χ3n) is 4.13. The van der Waals surface area contributed by atoms with Gasteiger partial charge >= 0.3 is 5.97 Å². The smallest absolute Gasteiger partial charge is 0.347 e. The summed E-state index contributed by atoms with van der Waals surface area (Å²) >= 11 is 0. The quantitative estimate of drug-likeness (QED) is 0.727. The molecule has 0 fully saturated rings. The van der Waals surface area contributed by atoms with Crippen LogP contribution in [-0.2, 0) is 32.5 Å². The molecule has 0 aliphatic carbocycles. The number of rotatable bonds is 7. The molecule has 2 aromatic rings. The van der Waals surface area contributed by atoms with Gasteiger partial charge in [0.15, 0.2) is 6.10 Å². The van der Waals surface area contributed by atoms with Gasteiger partial charge in [0, 0.05) is 0 Å². The van der Waals surface area contributed by atoms with E-state index in [4.69, 9.17) is 13.9 Å². The fourth-order valence-electron chi connectivity index (χ4n) is 2.70. The normalized spacial score (nSPS) is 16.6. The second kappa shape index (κ2) is 8.14. The Morgan fingerprint density at radius 1 is 1.33 bits per heavy atom. The number of sulfonamides is 1. The van der Waals surface area contributed by atoms with Crippen LogP contribution in [0.25, 0.3) is 0 Å². The van der Waals surface area contributed by atoms with Crippen LogP contribution >= 0.6 is 0 Å². The molecule has 7 nitrogen and oxygen atoms in total. The maximum Gasteiger partial charge on any atom is 0.347 e. The van der Waals surface area contributed by atoms with Gasteiger partial charge in [0.1, 0.15) is 11.5 Å². The summed E-state index contributed by atoms with van der Waals surface area (Å²) in [7, 11) is -3.68. The molecule has 0 spiro atoms. The lowest BCUT2D eigenvalue weighted by Crippen LogP contribution is -2.33. The van der Waals surface area contributed by atoms with Crippen molar-refractivity contribution in [3.05, 3.63) is 47.9 Å². The Balaban J connectivity index is 1.66. The molecule has 0 radical (unpaired) electrons. The Kier molecular flexibility index (Phi) is 5.86. The highest BCUT2D eigenvalue weighted by Crippen LogP contribution is 2.30. The summed E-state index contributed by atoms with van der Waals surface area (Å²) in [6, 6.07) is 8.02. The van der Waals surface area contributed by atoms with Gasteiger partial charge in [-0.05, 0) is 54.7 Å². The van der Waals surface area contributed by atoms with Gasteiger partial charge in [-0.25, -0.2) is 17.9 Å². The van der Waals surface area contributed by atoms with Crippen LogP contribution in [-0.4, -0.2) is 27.1 Å². The molecular weight excluding hydrogens is 370 g/mol. The largest absolute Gasteiger partial charge is 0.478 e. The van der Waals surface area contributed by atoms with Crippen LogP contribution in [0.4, 0.5) is 0 Å². The number of esters is 1. The van der Waals surface area contributed by atoms with Crippen molar-refractivity contribution in [2.75, 3.05) is 6.61 Å². The highest BCUT2D eigenvalue weighted by atomic mass is 32.2. The summed E-state index contributed by atoms with van der Waals surface area (Å²) in [6.07, 6.45) is 1.82. The van der Waals surface area contributed by atoms with E-state index in [1.165, 1.54) is 12.3 Å². The van der Waals surface area contributed by atoms with Crippen molar-refractivity contribution < 1.29 is 27.1 Å². The van der Waals surface area contributed by atoms with Crippen molar-refractivity contribution >= 4 is 16.0 Å². The van der Waals surface area contributed by atoms with E-state index in [1.54, 1.807) is 24.3 Å². The van der Waals surface area contributed by atoms with Gasteiger partial charge in [0.25, 0.3) is 0 Å². The fraction of sp³-hybridized carbons (Fsp3) is 0.421. The lowest BCUT2D eigenvalue weighted by molar-refractivity contribution is -0.153. The molecule has 1 unspecified atom stereocenters. The standard InChI is InChI=1S/C19H23NO6S/c1-13(2)12-25-19(21)18-7-5-14-10-16(6-8-17(14)26-18)27(22,23)20-11-15-4-3-9-24-15/h3-4,6,8-10,13,18,20H,5,7,11-12H2,1-2H3. The van der Waals surface area contributed by atoms with Crippen LogP contribution in [0.15, 0.2) is 45.9 Å². The first-order valence-electron chi connectivity index (χ1n) is 8.83. The predicted octanol–water partition coefficient (Wildman–Crippen LogP) is 2.65. The number of fused-ring (bicyclic) bond motifs is 1. The van der Waals surface area contributed by atoms with Gasteiger partial charge in [-0.15, -0.1) is 0 Å². The minimum atomic E-state index is -3.68. The van der Waals surface area contributed by atoms with Gasteiger partial charge in [0.2, 0.25) is 10.0 Å². The van der Waals surface area contributed by atoms with Crippen LogP contribution in [0.1, 0.15) is 31.6 Å². The number of hydrogen-bond acceptors (Lipinski definition) is 6. The van der Waals surface area contributed by atoms with Crippen LogP contribution in [0.2, 0.25) is 0 Å². The minimum absolute atomic E-state index is 0.0761. The van der Waals surface area contributed by atoms with Crippen molar-refractivity contribution in [1.82, 2.24) is 4.72 Å². The van der Waals surface area contributed by atoms with E-state index in [9.17, 15) is 13.2 Å². The highest BCUT2D eigenvalue weighted by Gasteiger charge is 2.28. The molecule has 146 valence electrons. The topological polar surface area (TPSA) is 94.8 Å². The van der Waals surface area contributed by atoms with Gasteiger partial charge in [-0.3, -0.25) is 0 Å². The molecule has 0 saturated heterocycles. The molecule has 1 atom stereocenters. The summed E-state index contributed by atoms with van der Waals surface area (Å²) in [5.74, 6) is 0.915. The van der Waals surface area contributed by atoms with Crippen molar-refractivity contribution in [1.29, 1.82) is 0 Å². The molecule has 1 aromatic heterocycles. The SMILES string of the molecule is CC(C)COC(=O)C1CCc2cc(S(=O)(=O)NCc3ccco3)ccc2O1. The molecule has 1 aliphatic heterocycles. The maximum absolute atomic E-state index is 12.5. The Labute approximate surface area is 158 Å². The van der Waals surface area contributed by atoms with Crippen LogP contribution in [0, 0.1) is 5.92 Å². The van der Waals surface area contributed by atoms with Gasteiger partial charge < -0.3 is 13.9 Å². The summed E-state index contributed by atoms with van der Waals surface area (Å²) in [4.78, 5) is 12.2. The number of carbonyl (C=O) groups excluding carboxylic acids is 1. The van der Waals surface area contributed by atoms with Crippen molar-refractivity contribution in [2.45, 2.75) is 44.2 Å². The van der Waals surface area contributed by atoms with E-state index < -0.39 is 16.1 Å². The molecule has 0 saturated carbocycles. The molecule has 8 heteroatoms. The van der Waals surface area contributed by atoms with Crippen LogP contribution in [0.3, 0.4) is 0 Å². The van der Waals surface area contributed by atoms with Crippen molar-refractivity contribution in [3.8, 4) is 5.75 Å². The van der Waals surface area contributed by atoms with E-state index in [1.807, 2.05) is 13.8 Å². The van der Waals surface area contributed by atoms with Gasteiger partial charge in [0.05, 0.1) is 24.3 Å². The number of furan rings is 1. The number of carbonyl (C=O) groups is 1. The van der Waals surface area contributed by atoms with E-state index >= 15 is 0 Å². The van der Waals surface area contributed by atoms with Gasteiger partial charge in [-0.2, -0.15) is 0 Å². The average molecular weight is 393 g/mol. The molecule has 1 N–H and O–H groups in total. The molecule has 1 aliphatic rings. The third-order valence-corrected chi connectivity index (χ3v) is 5.52. The molecule has 3 rings (SSSR count). The highest BCUT2D eigenvalue weighted by molar-refractivity contribution is 7.89. The second-order valence-corrected chi connectivity index (χ2v) is 8.61. The second-order valence-electron chi connectivity index (χ2n) is 6.84. The Morgan fingerprint density at radius 3 is 2.85 bits per heavy atom.